The summed E-state index contributed by atoms with van der Waals surface area (Å²) in [5.74, 6) is -5.62. The number of hydrogen-bond donors (Lipinski definition) is 5. The normalized spacial score (nSPS) is 14.2. The van der Waals surface area contributed by atoms with Gasteiger partial charge in [0.25, 0.3) is 5.91 Å². The largest absolute Gasteiger partial charge is 0.361 e. The van der Waals surface area contributed by atoms with Crippen LogP contribution in [0, 0.1) is 0 Å². The first-order chi connectivity index (χ1) is 3.25. The molecule has 0 rings (SSSR count). The highest BCUT2D eigenvalue weighted by Gasteiger charge is 2.38. The first-order valence-corrected chi connectivity index (χ1v) is 1.93. The minimum atomic E-state index is -2.95. The zero-order valence-corrected chi connectivity index (χ0v) is 4.37. The number of hydrogen-bond acceptors (Lipinski definition) is 5. The lowest BCUT2D eigenvalue weighted by atomic mass is 10.2. The molecule has 0 saturated carbocycles. The fourth-order valence-corrected chi connectivity index (χ4v) is 0. The van der Waals surface area contributed by atoms with Gasteiger partial charge in [-0.25, -0.2) is 0 Å². The Bertz CT molecular complexity index is 66.3. The second kappa shape index (κ2) is 1.64. The van der Waals surface area contributed by atoms with Crippen molar-refractivity contribution >= 4 is 0 Å². The van der Waals surface area contributed by atoms with Crippen LogP contribution in [-0.4, -0.2) is 32.1 Å². The number of nitrogens with two attached hydrogens (primary N) is 1. The second-order valence-corrected chi connectivity index (χ2v) is 1.75. The molecule has 0 spiro atoms. The highest BCUT2D eigenvalue weighted by atomic mass is 16.6. The molecule has 0 unspecified atom stereocenters. The summed E-state index contributed by atoms with van der Waals surface area (Å²) in [6.07, 6.45) is 0. The van der Waals surface area contributed by atoms with Gasteiger partial charge in [0, 0.05) is 0 Å². The third-order valence-electron chi connectivity index (χ3n) is 0.697. The smallest absolute Gasteiger partial charge is 0.276 e. The van der Waals surface area contributed by atoms with Crippen molar-refractivity contribution < 1.29 is 20.4 Å². The van der Waals surface area contributed by atoms with Crippen molar-refractivity contribution in [1.29, 1.82) is 0 Å². The summed E-state index contributed by atoms with van der Waals surface area (Å²) < 4.78 is 0. The van der Waals surface area contributed by atoms with Gasteiger partial charge in [-0.15, -0.1) is 0 Å². The summed E-state index contributed by atoms with van der Waals surface area (Å²) in [5, 5.41) is 32.9. The highest BCUT2D eigenvalue weighted by Crippen LogP contribution is 2.07. The molecule has 0 bridgehead atoms. The molecule has 5 heteroatoms. The van der Waals surface area contributed by atoms with Gasteiger partial charge in [0.2, 0.25) is 5.79 Å². The van der Waals surface area contributed by atoms with E-state index in [2.05, 4.69) is 5.73 Å². The summed E-state index contributed by atoms with van der Waals surface area (Å²) in [4.78, 5) is 0. The van der Waals surface area contributed by atoms with Crippen LogP contribution in [0.15, 0.2) is 0 Å². The zero-order valence-electron chi connectivity index (χ0n) is 4.37. The first-order valence-electron chi connectivity index (χ1n) is 1.93. The predicted octanol–water partition coefficient (Wildman–Crippen LogP) is -2.72. The van der Waals surface area contributed by atoms with Crippen LogP contribution in [0.4, 0.5) is 0 Å². The Balaban J connectivity index is 4.02. The molecule has 0 amide bonds. The van der Waals surface area contributed by atoms with E-state index in [0.717, 1.165) is 6.92 Å². The van der Waals surface area contributed by atoms with E-state index < -0.39 is 11.7 Å². The molecule has 0 radical (unpaired) electrons. The lowest BCUT2D eigenvalue weighted by Gasteiger charge is -2.26. The molecular formula is C3H9NO4. The minimum absolute atomic E-state index is 0.757. The molecule has 0 aromatic carbocycles. The maximum atomic E-state index is 8.28. The highest BCUT2D eigenvalue weighted by molar-refractivity contribution is 4.69. The van der Waals surface area contributed by atoms with Crippen LogP contribution >= 0.6 is 0 Å². The van der Waals surface area contributed by atoms with Crippen molar-refractivity contribution in [1.82, 2.24) is 0 Å². The topological polar surface area (TPSA) is 107 Å². The van der Waals surface area contributed by atoms with E-state index in [1.165, 1.54) is 0 Å². The Morgan fingerprint density at radius 3 is 1.25 bits per heavy atom. The second-order valence-electron chi connectivity index (χ2n) is 1.75. The van der Waals surface area contributed by atoms with Crippen LogP contribution < -0.4 is 5.73 Å². The average Bonchev–Trinajstić information content (AvgIpc) is 1.25. The van der Waals surface area contributed by atoms with E-state index in [-0.39, 0.29) is 0 Å². The molecule has 5 nitrogen and oxygen atoms in total. The van der Waals surface area contributed by atoms with Crippen LogP contribution in [-0.2, 0) is 0 Å². The van der Waals surface area contributed by atoms with Crippen LogP contribution in [0.1, 0.15) is 6.92 Å². The summed E-state index contributed by atoms with van der Waals surface area (Å²) >= 11 is 0. The summed E-state index contributed by atoms with van der Waals surface area (Å²) in [6, 6.07) is 0. The van der Waals surface area contributed by atoms with Gasteiger partial charge in [0.15, 0.2) is 0 Å². The Labute approximate surface area is 46.0 Å². The molecule has 0 aliphatic heterocycles. The Morgan fingerprint density at radius 2 is 1.25 bits per heavy atom. The molecule has 6 N–H and O–H groups in total. The summed E-state index contributed by atoms with van der Waals surface area (Å²) in [5.41, 5.74) is 4.42. The maximum Gasteiger partial charge on any atom is 0.276 e. The van der Waals surface area contributed by atoms with Crippen molar-refractivity contribution in [3.63, 3.8) is 0 Å². The number of rotatable bonds is 1. The van der Waals surface area contributed by atoms with Gasteiger partial charge < -0.3 is 20.4 Å². The molecule has 8 heavy (non-hydrogen) atoms. The fourth-order valence-electron chi connectivity index (χ4n) is 0. The summed E-state index contributed by atoms with van der Waals surface area (Å²) in [7, 11) is 0. The Morgan fingerprint density at radius 1 is 1.12 bits per heavy atom. The van der Waals surface area contributed by atoms with Crippen LogP contribution in [0.25, 0.3) is 0 Å². The summed E-state index contributed by atoms with van der Waals surface area (Å²) in [6.45, 7) is 0.757. The van der Waals surface area contributed by atoms with E-state index in [1.54, 1.807) is 0 Å². The average molecular weight is 123 g/mol. The fraction of sp³-hybridized carbons (Fsp3) is 1.00. The molecule has 50 valence electrons. The van der Waals surface area contributed by atoms with Gasteiger partial charge >= 0.3 is 0 Å². The van der Waals surface area contributed by atoms with Gasteiger partial charge in [-0.05, 0) is 6.92 Å². The SMILES string of the molecule is CC(O)(O)C(N)(O)O. The monoisotopic (exact) mass is 123 g/mol. The van der Waals surface area contributed by atoms with E-state index in [4.69, 9.17) is 20.4 Å². The van der Waals surface area contributed by atoms with Crippen molar-refractivity contribution in [2.45, 2.75) is 18.6 Å². The van der Waals surface area contributed by atoms with Gasteiger partial charge in [-0.2, -0.15) is 0 Å². The molecular weight excluding hydrogens is 114 g/mol. The van der Waals surface area contributed by atoms with E-state index in [0.29, 0.717) is 0 Å². The van der Waals surface area contributed by atoms with Crippen LogP contribution in [0.5, 0.6) is 0 Å². The maximum absolute atomic E-state index is 8.28. The molecule has 0 aromatic rings. The third kappa shape index (κ3) is 1.73. The predicted molar refractivity (Wildman–Crippen MR) is 24.2 cm³/mol. The van der Waals surface area contributed by atoms with E-state index in [1.807, 2.05) is 0 Å². The molecule has 0 aliphatic rings. The Kier molecular flexibility index (Phi) is 1.60. The van der Waals surface area contributed by atoms with Crippen LogP contribution in [0.3, 0.4) is 0 Å². The van der Waals surface area contributed by atoms with E-state index >= 15 is 0 Å². The molecule has 0 heterocycles. The molecule has 0 atom stereocenters. The number of aliphatic hydroxyl groups is 4. The standard InChI is InChI=1S/C3H9NO4/c1-2(5,6)3(4,7)8/h5-8H,4H2,1H3. The molecule has 0 aliphatic carbocycles. The van der Waals surface area contributed by atoms with Crippen molar-refractivity contribution in [2.75, 3.05) is 0 Å². The van der Waals surface area contributed by atoms with Crippen molar-refractivity contribution in [3.8, 4) is 0 Å². The third-order valence-corrected chi connectivity index (χ3v) is 0.697. The molecule has 0 aromatic heterocycles. The molecule has 0 fully saturated rings. The van der Waals surface area contributed by atoms with Gasteiger partial charge in [0.05, 0.1) is 0 Å². The van der Waals surface area contributed by atoms with Gasteiger partial charge in [-0.3, -0.25) is 5.73 Å². The lowest BCUT2D eigenvalue weighted by Crippen LogP contribution is -2.59. The first kappa shape index (κ1) is 7.80. The van der Waals surface area contributed by atoms with Crippen molar-refractivity contribution in [3.05, 3.63) is 0 Å². The Hall–Kier alpha value is -0.200. The molecule has 0 saturated heterocycles. The lowest BCUT2D eigenvalue weighted by molar-refractivity contribution is -0.345. The minimum Gasteiger partial charge on any atom is -0.361 e. The van der Waals surface area contributed by atoms with Crippen molar-refractivity contribution in [2.24, 2.45) is 5.73 Å². The van der Waals surface area contributed by atoms with Gasteiger partial charge in [0.1, 0.15) is 0 Å². The van der Waals surface area contributed by atoms with E-state index in [9.17, 15) is 0 Å². The van der Waals surface area contributed by atoms with Gasteiger partial charge in [-0.1, -0.05) is 0 Å². The van der Waals surface area contributed by atoms with Crippen LogP contribution in [0.2, 0.25) is 0 Å². The zero-order chi connectivity index (χ0) is 7.00. The quantitative estimate of drug-likeness (QED) is 0.244.